The minimum absolute atomic E-state index is 0.141. The predicted octanol–water partition coefficient (Wildman–Crippen LogP) is 5.93. The summed E-state index contributed by atoms with van der Waals surface area (Å²) in [6, 6.07) is 16.3. The van der Waals surface area contributed by atoms with Crippen LogP contribution in [0.4, 0.5) is 5.69 Å². The maximum absolute atomic E-state index is 10.6. The van der Waals surface area contributed by atoms with Gasteiger partial charge in [0.15, 0.2) is 0 Å². The van der Waals surface area contributed by atoms with Crippen LogP contribution in [-0.4, -0.2) is 21.9 Å². The number of halogens is 2. The first-order valence-electron chi connectivity index (χ1n) is 9.09. The lowest BCUT2D eigenvalue weighted by molar-refractivity contribution is 0.0573. The first-order chi connectivity index (χ1) is 13.8. The van der Waals surface area contributed by atoms with E-state index in [1.54, 1.807) is 32.0 Å². The second-order valence-corrected chi connectivity index (χ2v) is 9.30. The molecule has 0 radical (unpaired) electrons. The number of nitrogens with zero attached hydrogens (tertiary/aromatic N) is 1. The van der Waals surface area contributed by atoms with Crippen molar-refractivity contribution in [3.63, 3.8) is 0 Å². The maximum atomic E-state index is 10.6. The highest BCUT2D eigenvalue weighted by atomic mass is 35.5. The van der Waals surface area contributed by atoms with Gasteiger partial charge >= 0.3 is 0 Å². The molecule has 3 aromatic rings. The summed E-state index contributed by atoms with van der Waals surface area (Å²) in [5.74, 6) is 0.141. The fourth-order valence-electron chi connectivity index (χ4n) is 3.23. The lowest BCUT2D eigenvalue weighted by Crippen LogP contribution is -2.48. The Hall–Kier alpha value is -2.02. The van der Waals surface area contributed by atoms with Gasteiger partial charge in [0.05, 0.1) is 43.5 Å². The number of nitrogens with one attached hydrogen (secondary N) is 1. The molecule has 7 heteroatoms. The number of aliphatic hydroxyl groups is 1. The quantitative estimate of drug-likeness (QED) is 0.464. The van der Waals surface area contributed by atoms with Crippen molar-refractivity contribution < 1.29 is 10.2 Å². The number of benzene rings is 2. The zero-order valence-electron chi connectivity index (χ0n) is 15.9. The number of thiophene rings is 1. The smallest absolute Gasteiger partial charge is 0.125 e. The van der Waals surface area contributed by atoms with Crippen LogP contribution >= 0.6 is 34.5 Å². The topological polar surface area (TPSA) is 55.7 Å². The molecule has 0 amide bonds. The molecule has 0 fully saturated rings. The summed E-state index contributed by atoms with van der Waals surface area (Å²) in [5.41, 5.74) is 4.66. The second kappa shape index (κ2) is 7.67. The van der Waals surface area contributed by atoms with Crippen molar-refractivity contribution in [3.8, 4) is 16.2 Å². The Morgan fingerprint density at radius 3 is 2.34 bits per heavy atom. The Morgan fingerprint density at radius 1 is 0.966 bits per heavy atom. The van der Waals surface area contributed by atoms with E-state index in [2.05, 4.69) is 5.43 Å². The fraction of sp³-hybridized carbons (Fsp3) is 0.182. The maximum Gasteiger partial charge on any atom is 0.125 e. The minimum atomic E-state index is -0.970. The second-order valence-electron chi connectivity index (χ2n) is 7.40. The Balaban J connectivity index is 1.79. The molecular weight excluding hydrogens is 427 g/mol. The molecule has 4 rings (SSSR count). The van der Waals surface area contributed by atoms with Gasteiger partial charge in [-0.1, -0.05) is 41.4 Å². The van der Waals surface area contributed by atoms with Crippen molar-refractivity contribution in [2.45, 2.75) is 25.5 Å². The van der Waals surface area contributed by atoms with Gasteiger partial charge in [-0.25, -0.2) is 5.43 Å². The summed E-state index contributed by atoms with van der Waals surface area (Å²) in [6.07, 6.45) is 1.99. The molecule has 0 bridgehead atoms. The average molecular weight is 447 g/mol. The van der Waals surface area contributed by atoms with Gasteiger partial charge in [-0.15, -0.1) is 11.3 Å². The molecule has 2 heterocycles. The van der Waals surface area contributed by atoms with Crippen molar-refractivity contribution in [3.05, 3.63) is 75.6 Å². The van der Waals surface area contributed by atoms with Gasteiger partial charge in [-0.2, -0.15) is 0 Å². The van der Waals surface area contributed by atoms with Crippen molar-refractivity contribution in [2.24, 2.45) is 0 Å². The highest BCUT2D eigenvalue weighted by Gasteiger charge is 2.35. The monoisotopic (exact) mass is 446 g/mol. The third-order valence-corrected chi connectivity index (χ3v) is 6.54. The van der Waals surface area contributed by atoms with E-state index in [1.165, 1.54) is 11.3 Å². The fourth-order valence-corrected chi connectivity index (χ4v) is 4.87. The number of phenols is 1. The van der Waals surface area contributed by atoms with E-state index in [9.17, 15) is 10.2 Å². The minimum Gasteiger partial charge on any atom is -0.507 e. The number of hydrogen-bond donors (Lipinski definition) is 3. The Labute approximate surface area is 183 Å². The molecule has 1 aliphatic rings. The molecular formula is C22H20Cl2N2O2S. The number of hydrogen-bond acceptors (Lipinski definition) is 5. The van der Waals surface area contributed by atoms with E-state index in [1.807, 2.05) is 47.5 Å². The lowest BCUT2D eigenvalue weighted by Gasteiger charge is -2.29. The van der Waals surface area contributed by atoms with Gasteiger partial charge in [-0.05, 0) is 56.3 Å². The van der Waals surface area contributed by atoms with Crippen LogP contribution in [0.2, 0.25) is 10.0 Å². The summed E-state index contributed by atoms with van der Waals surface area (Å²) in [7, 11) is 0. The van der Waals surface area contributed by atoms with Gasteiger partial charge in [0.2, 0.25) is 0 Å². The summed E-state index contributed by atoms with van der Waals surface area (Å²) < 4.78 is 0. The van der Waals surface area contributed by atoms with Gasteiger partial charge in [0.25, 0.3) is 0 Å². The zero-order chi connectivity index (χ0) is 20.8. The molecule has 0 saturated heterocycles. The Morgan fingerprint density at radius 2 is 1.66 bits per heavy atom. The largest absolute Gasteiger partial charge is 0.507 e. The van der Waals surface area contributed by atoms with E-state index in [0.29, 0.717) is 15.6 Å². The van der Waals surface area contributed by atoms with Gasteiger partial charge < -0.3 is 10.2 Å². The number of hydrazine groups is 1. The molecule has 1 unspecified atom stereocenters. The highest BCUT2D eigenvalue weighted by Crippen LogP contribution is 2.43. The summed E-state index contributed by atoms with van der Waals surface area (Å²) in [6.45, 7) is 3.52. The van der Waals surface area contributed by atoms with Crippen molar-refractivity contribution >= 4 is 45.9 Å². The lowest BCUT2D eigenvalue weighted by atomic mass is 9.99. The predicted molar refractivity (Wildman–Crippen MR) is 122 cm³/mol. The third kappa shape index (κ3) is 3.89. The zero-order valence-corrected chi connectivity index (χ0v) is 18.2. The molecule has 0 spiro atoms. The van der Waals surface area contributed by atoms with Crippen molar-refractivity contribution in [1.29, 1.82) is 0 Å². The van der Waals surface area contributed by atoms with Crippen LogP contribution in [0.1, 0.15) is 18.7 Å². The van der Waals surface area contributed by atoms with Crippen molar-refractivity contribution in [2.75, 3.05) is 5.01 Å². The van der Waals surface area contributed by atoms with Crippen LogP contribution in [0.3, 0.4) is 0 Å². The van der Waals surface area contributed by atoms with Crippen molar-refractivity contribution in [1.82, 2.24) is 5.43 Å². The Kier molecular flexibility index (Phi) is 5.36. The van der Waals surface area contributed by atoms with Gasteiger partial charge in [0, 0.05) is 4.88 Å². The van der Waals surface area contributed by atoms with E-state index < -0.39 is 5.60 Å². The number of para-hydroxylation sites is 1. The molecule has 2 aromatic carbocycles. The molecule has 0 aliphatic carbocycles. The van der Waals surface area contributed by atoms with E-state index in [4.69, 9.17) is 23.2 Å². The molecule has 3 N–H and O–H groups in total. The third-order valence-electron chi connectivity index (χ3n) is 4.78. The molecule has 1 aliphatic heterocycles. The van der Waals surface area contributed by atoms with E-state index in [0.717, 1.165) is 21.1 Å². The molecule has 150 valence electrons. The van der Waals surface area contributed by atoms with Crippen LogP contribution < -0.4 is 10.4 Å². The van der Waals surface area contributed by atoms with Gasteiger partial charge in [-0.3, -0.25) is 5.01 Å². The van der Waals surface area contributed by atoms with Crippen LogP contribution in [0.5, 0.6) is 5.75 Å². The van der Waals surface area contributed by atoms with Crippen LogP contribution in [0.15, 0.2) is 60.7 Å². The van der Waals surface area contributed by atoms with E-state index in [-0.39, 0.29) is 11.8 Å². The first-order valence-corrected chi connectivity index (χ1v) is 10.7. The molecule has 4 nitrogen and oxygen atoms in total. The molecule has 1 atom stereocenters. The average Bonchev–Trinajstić information content (AvgIpc) is 3.29. The number of anilines is 1. The highest BCUT2D eigenvalue weighted by molar-refractivity contribution is 7.16. The number of aromatic hydroxyl groups is 1. The standard InChI is InChI=1S/C22H20Cl2N2O2S/c1-22(2,28)20-12-16(26(25-20)15-8-4-3-6-13(15)23)18-10-11-19(29-18)21-14(24)7-5-9-17(21)27/h3-12,20,25,27-28H,1-2H3. The molecule has 1 aromatic heterocycles. The van der Waals surface area contributed by atoms with Gasteiger partial charge in [0.1, 0.15) is 5.75 Å². The summed E-state index contributed by atoms with van der Waals surface area (Å²) >= 11 is 14.3. The SMILES string of the molecule is CC(C)(O)C1C=C(c2ccc(-c3c(O)cccc3Cl)s2)N(c2ccccc2Cl)N1. The molecule has 29 heavy (non-hydrogen) atoms. The van der Waals surface area contributed by atoms with Crippen LogP contribution in [0, 0.1) is 0 Å². The van der Waals surface area contributed by atoms with Crippen LogP contribution in [0.25, 0.3) is 16.1 Å². The normalized spacial score (nSPS) is 16.9. The summed E-state index contributed by atoms with van der Waals surface area (Å²) in [4.78, 5) is 1.81. The summed E-state index contributed by atoms with van der Waals surface area (Å²) in [5, 5.41) is 23.8. The Bertz CT molecular complexity index is 1070. The molecule has 0 saturated carbocycles. The number of rotatable bonds is 4. The van der Waals surface area contributed by atoms with E-state index >= 15 is 0 Å². The van der Waals surface area contributed by atoms with Crippen LogP contribution in [-0.2, 0) is 0 Å². The number of phenolic OH excluding ortho intramolecular Hbond substituents is 1. The first kappa shape index (κ1) is 20.3.